The molecule has 0 aliphatic heterocycles. The number of benzene rings is 1. The van der Waals surface area contributed by atoms with E-state index >= 15 is 0 Å². The minimum Gasteiger partial charge on any atom is -0.324 e. The molecule has 3 aromatic rings. The maximum absolute atomic E-state index is 12.7. The van der Waals surface area contributed by atoms with Crippen LogP contribution in [0.15, 0.2) is 30.6 Å². The van der Waals surface area contributed by atoms with Gasteiger partial charge in [-0.15, -0.1) is 5.10 Å². The summed E-state index contributed by atoms with van der Waals surface area (Å²) in [6.07, 6.45) is 5.61. The number of likely N-dealkylation sites (N-methyl/N-ethyl adjacent to an activating group) is 1. The van der Waals surface area contributed by atoms with Gasteiger partial charge in [0.25, 0.3) is 0 Å². The predicted octanol–water partition coefficient (Wildman–Crippen LogP) is 1.83. The van der Waals surface area contributed by atoms with Crippen molar-refractivity contribution in [3.8, 4) is 5.69 Å². The number of amides is 1. The molecule has 2 heterocycles. The Morgan fingerprint density at radius 2 is 2.19 bits per heavy atom. The summed E-state index contributed by atoms with van der Waals surface area (Å²) < 4.78 is 3.30. The second-order valence-corrected chi connectivity index (χ2v) is 6.95. The second-order valence-electron chi connectivity index (χ2n) is 6.55. The van der Waals surface area contributed by atoms with E-state index in [-0.39, 0.29) is 5.91 Å². The van der Waals surface area contributed by atoms with Gasteiger partial charge in [0, 0.05) is 30.4 Å². The highest BCUT2D eigenvalue weighted by atomic mass is 35.5. The van der Waals surface area contributed by atoms with Crippen molar-refractivity contribution in [3.63, 3.8) is 0 Å². The first-order valence-corrected chi connectivity index (χ1v) is 8.99. The standard InChI is InChI=1S/C17H19ClN8O/c1-19-15(11-8-20-25(2)9-11)17(27)21-12-5-6-13(18)14(7-12)26-16(10-3-4-10)22-23-24-26/h5-10,15,19H,3-4H2,1-2H3,(H,21,27). The Hall–Kier alpha value is -2.78. The van der Waals surface area contributed by atoms with E-state index in [9.17, 15) is 4.79 Å². The van der Waals surface area contributed by atoms with Crippen LogP contribution < -0.4 is 10.6 Å². The third-order valence-corrected chi connectivity index (χ3v) is 4.81. The van der Waals surface area contributed by atoms with Gasteiger partial charge in [0.2, 0.25) is 5.91 Å². The van der Waals surface area contributed by atoms with Gasteiger partial charge in [0.15, 0.2) is 5.82 Å². The summed E-state index contributed by atoms with van der Waals surface area (Å²) >= 11 is 6.36. The fourth-order valence-electron chi connectivity index (χ4n) is 2.97. The summed E-state index contributed by atoms with van der Waals surface area (Å²) in [6, 6.07) is 4.73. The monoisotopic (exact) mass is 386 g/mol. The molecule has 140 valence electrons. The maximum atomic E-state index is 12.7. The van der Waals surface area contributed by atoms with Crippen molar-refractivity contribution in [3.05, 3.63) is 47.0 Å². The average Bonchev–Trinajstić information content (AvgIpc) is 3.22. The number of rotatable bonds is 6. The van der Waals surface area contributed by atoms with Crippen LogP contribution in [0.2, 0.25) is 5.02 Å². The molecule has 0 radical (unpaired) electrons. The quantitative estimate of drug-likeness (QED) is 0.670. The van der Waals surface area contributed by atoms with E-state index in [1.165, 1.54) is 0 Å². The van der Waals surface area contributed by atoms with Gasteiger partial charge in [-0.05, 0) is 48.5 Å². The lowest BCUT2D eigenvalue weighted by Crippen LogP contribution is -2.30. The predicted molar refractivity (Wildman–Crippen MR) is 99.8 cm³/mol. The van der Waals surface area contributed by atoms with E-state index in [2.05, 4.69) is 31.3 Å². The molecule has 0 bridgehead atoms. The molecular weight excluding hydrogens is 368 g/mol. The van der Waals surface area contributed by atoms with Gasteiger partial charge in [-0.1, -0.05) is 11.6 Å². The molecule has 1 fully saturated rings. The van der Waals surface area contributed by atoms with Gasteiger partial charge >= 0.3 is 0 Å². The zero-order valence-electron chi connectivity index (χ0n) is 14.9. The average molecular weight is 387 g/mol. The normalized spacial score (nSPS) is 14.9. The van der Waals surface area contributed by atoms with Gasteiger partial charge in [0.1, 0.15) is 6.04 Å². The number of aromatic nitrogens is 6. The van der Waals surface area contributed by atoms with E-state index in [4.69, 9.17) is 11.6 Å². The summed E-state index contributed by atoms with van der Waals surface area (Å²) in [5, 5.41) is 22.5. The molecule has 1 unspecified atom stereocenters. The Morgan fingerprint density at radius 3 is 2.85 bits per heavy atom. The lowest BCUT2D eigenvalue weighted by molar-refractivity contribution is -0.118. The SMILES string of the molecule is CNC(C(=O)Nc1ccc(Cl)c(-n2nnnc2C2CC2)c1)c1cnn(C)c1. The fraction of sp³-hybridized carbons (Fsp3) is 0.353. The number of nitrogens with one attached hydrogen (secondary N) is 2. The molecular formula is C17H19ClN8O. The molecule has 1 saturated carbocycles. The van der Waals surface area contributed by atoms with Crippen LogP contribution in [-0.4, -0.2) is 42.9 Å². The van der Waals surface area contributed by atoms with Crippen LogP contribution in [0.1, 0.15) is 36.2 Å². The third kappa shape index (κ3) is 3.56. The van der Waals surface area contributed by atoms with Gasteiger partial charge in [-0.3, -0.25) is 9.48 Å². The zero-order valence-corrected chi connectivity index (χ0v) is 15.7. The zero-order chi connectivity index (χ0) is 19.0. The molecule has 1 aliphatic carbocycles. The number of nitrogens with zero attached hydrogens (tertiary/aromatic N) is 6. The lowest BCUT2D eigenvalue weighted by Gasteiger charge is -2.15. The molecule has 0 saturated heterocycles. The van der Waals surface area contributed by atoms with E-state index in [1.807, 2.05) is 7.05 Å². The first-order valence-electron chi connectivity index (χ1n) is 8.61. The summed E-state index contributed by atoms with van der Waals surface area (Å²) in [6.45, 7) is 0. The van der Waals surface area contributed by atoms with Gasteiger partial charge in [-0.2, -0.15) is 9.78 Å². The van der Waals surface area contributed by atoms with E-state index < -0.39 is 6.04 Å². The van der Waals surface area contributed by atoms with Crippen molar-refractivity contribution in [2.75, 3.05) is 12.4 Å². The van der Waals surface area contributed by atoms with E-state index in [0.29, 0.717) is 22.3 Å². The molecule has 1 aliphatic rings. The number of halogens is 1. The number of carbonyl (C=O) groups excluding carboxylic acids is 1. The number of anilines is 1. The summed E-state index contributed by atoms with van der Waals surface area (Å²) in [7, 11) is 3.54. The summed E-state index contributed by atoms with van der Waals surface area (Å²) in [5.74, 6) is 0.968. The van der Waals surface area contributed by atoms with Crippen molar-refractivity contribution in [1.82, 2.24) is 35.3 Å². The minimum absolute atomic E-state index is 0.196. The maximum Gasteiger partial charge on any atom is 0.246 e. The molecule has 2 aromatic heterocycles. The van der Waals surface area contributed by atoms with Crippen LogP contribution in [0.5, 0.6) is 0 Å². The highest BCUT2D eigenvalue weighted by Crippen LogP contribution is 2.40. The van der Waals surface area contributed by atoms with Crippen LogP contribution >= 0.6 is 11.6 Å². The molecule has 27 heavy (non-hydrogen) atoms. The number of tetrazole rings is 1. The van der Waals surface area contributed by atoms with Crippen LogP contribution in [0.4, 0.5) is 5.69 Å². The topological polar surface area (TPSA) is 103 Å². The Kier molecular flexibility index (Phi) is 4.63. The highest BCUT2D eigenvalue weighted by molar-refractivity contribution is 6.32. The smallest absolute Gasteiger partial charge is 0.246 e. The Morgan fingerprint density at radius 1 is 1.37 bits per heavy atom. The Labute approximate surface area is 160 Å². The molecule has 4 rings (SSSR count). The lowest BCUT2D eigenvalue weighted by atomic mass is 10.1. The molecule has 2 N–H and O–H groups in total. The molecule has 1 aromatic carbocycles. The van der Waals surface area contributed by atoms with Crippen molar-refractivity contribution in [2.45, 2.75) is 24.8 Å². The highest BCUT2D eigenvalue weighted by Gasteiger charge is 2.30. The molecule has 10 heteroatoms. The van der Waals surface area contributed by atoms with Gasteiger partial charge < -0.3 is 10.6 Å². The second kappa shape index (κ2) is 7.09. The summed E-state index contributed by atoms with van der Waals surface area (Å²) in [4.78, 5) is 12.7. The fourth-order valence-corrected chi connectivity index (χ4v) is 3.16. The summed E-state index contributed by atoms with van der Waals surface area (Å²) in [5.41, 5.74) is 2.03. The van der Waals surface area contributed by atoms with Crippen LogP contribution in [0.25, 0.3) is 5.69 Å². The van der Waals surface area contributed by atoms with Crippen molar-refractivity contribution >= 4 is 23.2 Å². The number of hydrogen-bond donors (Lipinski definition) is 2. The number of aryl methyl sites for hydroxylation is 1. The van der Waals surface area contributed by atoms with Crippen molar-refractivity contribution in [1.29, 1.82) is 0 Å². The molecule has 1 amide bonds. The van der Waals surface area contributed by atoms with Crippen LogP contribution in [0, 0.1) is 0 Å². The first-order chi connectivity index (χ1) is 13.1. The van der Waals surface area contributed by atoms with Crippen LogP contribution in [0.3, 0.4) is 0 Å². The largest absolute Gasteiger partial charge is 0.324 e. The Balaban J connectivity index is 1.59. The first kappa shape index (κ1) is 17.6. The van der Waals surface area contributed by atoms with Gasteiger partial charge in [0.05, 0.1) is 16.9 Å². The Bertz CT molecular complexity index is 977. The van der Waals surface area contributed by atoms with Gasteiger partial charge in [-0.25, -0.2) is 0 Å². The van der Waals surface area contributed by atoms with Crippen molar-refractivity contribution < 1.29 is 4.79 Å². The molecule has 1 atom stereocenters. The van der Waals surface area contributed by atoms with E-state index in [1.54, 1.807) is 47.0 Å². The van der Waals surface area contributed by atoms with Crippen LogP contribution in [-0.2, 0) is 11.8 Å². The molecule has 0 spiro atoms. The molecule has 9 nitrogen and oxygen atoms in total. The minimum atomic E-state index is -0.520. The third-order valence-electron chi connectivity index (χ3n) is 4.49. The number of carbonyl (C=O) groups is 1. The number of hydrogen-bond acceptors (Lipinski definition) is 6. The van der Waals surface area contributed by atoms with Crippen molar-refractivity contribution in [2.24, 2.45) is 7.05 Å². The van der Waals surface area contributed by atoms with E-state index in [0.717, 1.165) is 24.2 Å².